The van der Waals surface area contributed by atoms with Crippen LogP contribution < -0.4 is 4.74 Å². The van der Waals surface area contributed by atoms with Gasteiger partial charge in [0.15, 0.2) is 0 Å². The van der Waals surface area contributed by atoms with Crippen LogP contribution in [0.1, 0.15) is 5.56 Å². The van der Waals surface area contributed by atoms with E-state index >= 15 is 0 Å². The van der Waals surface area contributed by atoms with E-state index in [4.69, 9.17) is 9.84 Å². The number of nitrogens with zero attached hydrogens (tertiary/aromatic N) is 2. The van der Waals surface area contributed by atoms with Gasteiger partial charge in [0.2, 0.25) is 5.88 Å². The van der Waals surface area contributed by atoms with E-state index in [1.807, 2.05) is 0 Å². The van der Waals surface area contributed by atoms with Gasteiger partial charge in [0.05, 0.1) is 7.11 Å². The fourth-order valence-electron chi connectivity index (χ4n) is 0.823. The van der Waals surface area contributed by atoms with Crippen molar-refractivity contribution in [1.82, 2.24) is 9.97 Å². The van der Waals surface area contributed by atoms with E-state index in [1.165, 1.54) is 6.33 Å². The largest absolute Gasteiger partial charge is 0.481 e. The Morgan fingerprint density at radius 3 is 3.09 bits per heavy atom. The first kappa shape index (κ1) is 7.94. The van der Waals surface area contributed by atoms with Crippen LogP contribution in [0.15, 0.2) is 12.5 Å². The third-order valence-corrected chi connectivity index (χ3v) is 1.32. The molecule has 60 valence electrons. The molecule has 0 aliphatic carbocycles. The Morgan fingerprint density at radius 1 is 1.64 bits per heavy atom. The molecule has 1 heterocycles. The molecule has 1 aromatic rings. The zero-order valence-corrected chi connectivity index (χ0v) is 6.32. The lowest BCUT2D eigenvalue weighted by atomic mass is 10.2. The third kappa shape index (κ3) is 1.88. The Hall–Kier alpha value is -1.16. The van der Waals surface area contributed by atoms with Crippen LogP contribution in [0.2, 0.25) is 0 Å². The molecule has 0 amide bonds. The Morgan fingerprint density at radius 2 is 2.45 bits per heavy atom. The number of aliphatic hydroxyl groups is 1. The molecule has 0 atom stereocenters. The van der Waals surface area contributed by atoms with Gasteiger partial charge in [-0.3, -0.25) is 0 Å². The first-order chi connectivity index (χ1) is 5.38. The predicted molar refractivity (Wildman–Crippen MR) is 39.4 cm³/mol. The number of aromatic nitrogens is 2. The van der Waals surface area contributed by atoms with Gasteiger partial charge in [0.1, 0.15) is 6.33 Å². The summed E-state index contributed by atoms with van der Waals surface area (Å²) in [6.07, 6.45) is 3.59. The van der Waals surface area contributed by atoms with Crippen molar-refractivity contribution in [2.24, 2.45) is 0 Å². The summed E-state index contributed by atoms with van der Waals surface area (Å²) >= 11 is 0. The maximum absolute atomic E-state index is 8.63. The molecule has 0 bridgehead atoms. The Balaban J connectivity index is 2.83. The summed E-state index contributed by atoms with van der Waals surface area (Å²) in [7, 11) is 1.54. The average Bonchev–Trinajstić information content (AvgIpc) is 2.06. The highest BCUT2D eigenvalue weighted by molar-refractivity contribution is 5.21. The summed E-state index contributed by atoms with van der Waals surface area (Å²) in [5.74, 6) is 0.536. The van der Waals surface area contributed by atoms with Crippen LogP contribution in [-0.4, -0.2) is 28.8 Å². The van der Waals surface area contributed by atoms with E-state index in [0.29, 0.717) is 12.3 Å². The van der Waals surface area contributed by atoms with Crippen molar-refractivity contribution in [3.63, 3.8) is 0 Å². The number of hydrogen-bond acceptors (Lipinski definition) is 4. The minimum absolute atomic E-state index is 0.0870. The molecule has 0 saturated carbocycles. The third-order valence-electron chi connectivity index (χ3n) is 1.32. The normalized spacial score (nSPS) is 9.64. The lowest BCUT2D eigenvalue weighted by molar-refractivity contribution is 0.295. The van der Waals surface area contributed by atoms with Crippen molar-refractivity contribution in [2.45, 2.75) is 6.42 Å². The second kappa shape index (κ2) is 3.88. The number of rotatable bonds is 3. The van der Waals surface area contributed by atoms with Gasteiger partial charge in [-0.25, -0.2) is 9.97 Å². The van der Waals surface area contributed by atoms with Crippen LogP contribution in [0, 0.1) is 0 Å². The van der Waals surface area contributed by atoms with Gasteiger partial charge in [-0.1, -0.05) is 0 Å². The topological polar surface area (TPSA) is 55.2 Å². The quantitative estimate of drug-likeness (QED) is 0.666. The molecule has 0 aliphatic heterocycles. The van der Waals surface area contributed by atoms with E-state index in [9.17, 15) is 0 Å². The summed E-state index contributed by atoms with van der Waals surface area (Å²) in [5, 5.41) is 8.63. The van der Waals surface area contributed by atoms with Crippen molar-refractivity contribution in [3.8, 4) is 5.88 Å². The summed E-state index contributed by atoms with van der Waals surface area (Å²) in [6, 6.07) is 0. The van der Waals surface area contributed by atoms with Gasteiger partial charge in [-0.2, -0.15) is 0 Å². The molecular formula is C7H10N2O2. The summed E-state index contributed by atoms with van der Waals surface area (Å²) in [6.45, 7) is 0.0870. The van der Waals surface area contributed by atoms with Crippen molar-refractivity contribution in [1.29, 1.82) is 0 Å². The molecule has 4 heteroatoms. The number of methoxy groups -OCH3 is 1. The maximum atomic E-state index is 8.63. The number of hydrogen-bond donors (Lipinski definition) is 1. The van der Waals surface area contributed by atoms with E-state index < -0.39 is 0 Å². The zero-order valence-electron chi connectivity index (χ0n) is 6.32. The summed E-state index contributed by atoms with van der Waals surface area (Å²) in [5.41, 5.74) is 0.831. The first-order valence-corrected chi connectivity index (χ1v) is 3.32. The highest BCUT2D eigenvalue weighted by atomic mass is 16.5. The Kier molecular flexibility index (Phi) is 2.80. The molecule has 1 aromatic heterocycles. The van der Waals surface area contributed by atoms with Gasteiger partial charge in [0.25, 0.3) is 0 Å². The maximum Gasteiger partial charge on any atom is 0.219 e. The van der Waals surface area contributed by atoms with Crippen LogP contribution in [0.3, 0.4) is 0 Å². The number of ether oxygens (including phenoxy) is 1. The molecule has 11 heavy (non-hydrogen) atoms. The molecule has 4 nitrogen and oxygen atoms in total. The lowest BCUT2D eigenvalue weighted by Crippen LogP contribution is -1.98. The molecule has 0 saturated heterocycles. The second-order valence-electron chi connectivity index (χ2n) is 2.03. The minimum atomic E-state index is 0.0870. The van der Waals surface area contributed by atoms with Crippen molar-refractivity contribution in [2.75, 3.05) is 13.7 Å². The smallest absolute Gasteiger partial charge is 0.219 e. The van der Waals surface area contributed by atoms with Gasteiger partial charge >= 0.3 is 0 Å². The minimum Gasteiger partial charge on any atom is -0.481 e. The average molecular weight is 154 g/mol. The van der Waals surface area contributed by atoms with Crippen LogP contribution in [-0.2, 0) is 6.42 Å². The molecular weight excluding hydrogens is 144 g/mol. The molecule has 0 radical (unpaired) electrons. The molecule has 1 N–H and O–H groups in total. The van der Waals surface area contributed by atoms with Crippen LogP contribution in [0.5, 0.6) is 5.88 Å². The van der Waals surface area contributed by atoms with Crippen molar-refractivity contribution >= 4 is 0 Å². The van der Waals surface area contributed by atoms with E-state index in [0.717, 1.165) is 5.56 Å². The van der Waals surface area contributed by atoms with E-state index in [1.54, 1.807) is 13.3 Å². The van der Waals surface area contributed by atoms with Crippen LogP contribution in [0.25, 0.3) is 0 Å². The van der Waals surface area contributed by atoms with E-state index in [-0.39, 0.29) is 6.61 Å². The van der Waals surface area contributed by atoms with Gasteiger partial charge in [0, 0.05) is 24.8 Å². The summed E-state index contributed by atoms with van der Waals surface area (Å²) in [4.78, 5) is 7.68. The fourth-order valence-corrected chi connectivity index (χ4v) is 0.823. The lowest BCUT2D eigenvalue weighted by Gasteiger charge is -2.02. The highest BCUT2D eigenvalue weighted by Crippen LogP contribution is 2.11. The van der Waals surface area contributed by atoms with E-state index in [2.05, 4.69) is 9.97 Å². The standard InChI is InChI=1S/C7H10N2O2/c1-11-7-6(2-3-10)4-8-5-9-7/h4-5,10H,2-3H2,1H3. The molecule has 1 rings (SSSR count). The van der Waals surface area contributed by atoms with Gasteiger partial charge < -0.3 is 9.84 Å². The summed E-state index contributed by atoms with van der Waals surface area (Å²) < 4.78 is 4.94. The zero-order chi connectivity index (χ0) is 8.10. The molecule has 0 spiro atoms. The van der Waals surface area contributed by atoms with Crippen LogP contribution >= 0.6 is 0 Å². The van der Waals surface area contributed by atoms with Gasteiger partial charge in [-0.15, -0.1) is 0 Å². The van der Waals surface area contributed by atoms with Crippen LogP contribution in [0.4, 0.5) is 0 Å². The first-order valence-electron chi connectivity index (χ1n) is 3.32. The second-order valence-corrected chi connectivity index (χ2v) is 2.03. The Bertz CT molecular complexity index is 227. The molecule has 0 aromatic carbocycles. The SMILES string of the molecule is COc1ncncc1CCO. The monoisotopic (exact) mass is 154 g/mol. The fraction of sp³-hybridized carbons (Fsp3) is 0.429. The van der Waals surface area contributed by atoms with Crippen molar-refractivity contribution < 1.29 is 9.84 Å². The number of aliphatic hydroxyl groups excluding tert-OH is 1. The van der Waals surface area contributed by atoms with Gasteiger partial charge in [-0.05, 0) is 0 Å². The highest BCUT2D eigenvalue weighted by Gasteiger charge is 2.01. The Labute approximate surface area is 64.9 Å². The molecule has 0 aliphatic rings. The van der Waals surface area contributed by atoms with Crippen molar-refractivity contribution in [3.05, 3.63) is 18.1 Å². The molecule has 0 unspecified atom stereocenters. The molecule has 0 fully saturated rings. The predicted octanol–water partition coefficient (Wildman–Crippen LogP) is 0.0200.